The molecule has 0 aromatic carbocycles. The fourth-order valence-corrected chi connectivity index (χ4v) is 5.46. The Balaban J connectivity index is 1.69. The van der Waals surface area contributed by atoms with E-state index < -0.39 is 0 Å². The number of amides is 1. The van der Waals surface area contributed by atoms with Crippen molar-refractivity contribution in [3.63, 3.8) is 0 Å². The molecule has 1 saturated heterocycles. The average Bonchev–Trinajstić information content (AvgIpc) is 3.02. The zero-order chi connectivity index (χ0) is 17.9. The Labute approximate surface area is 149 Å². The predicted octanol–water partition coefficient (Wildman–Crippen LogP) is 4.54. The molecule has 2 fully saturated rings. The molecule has 3 unspecified atom stereocenters. The maximum absolute atomic E-state index is 13.3. The van der Waals surface area contributed by atoms with Gasteiger partial charge in [-0.25, -0.2) is 0 Å². The van der Waals surface area contributed by atoms with E-state index in [-0.39, 0.29) is 23.1 Å². The van der Waals surface area contributed by atoms with E-state index in [2.05, 4.69) is 25.7 Å². The summed E-state index contributed by atoms with van der Waals surface area (Å²) in [6, 6.07) is 0.610. The third-order valence-corrected chi connectivity index (χ3v) is 6.55. The van der Waals surface area contributed by atoms with E-state index in [4.69, 9.17) is 4.42 Å². The first-order valence-electron chi connectivity index (χ1n) is 9.76. The lowest BCUT2D eigenvalue weighted by atomic mass is 9.76. The van der Waals surface area contributed by atoms with Crippen LogP contribution in [0.4, 0.5) is 0 Å². The second-order valence-electron chi connectivity index (χ2n) is 9.20. The molecule has 25 heavy (non-hydrogen) atoms. The molecule has 1 saturated carbocycles. The Kier molecular flexibility index (Phi) is 3.86. The van der Waals surface area contributed by atoms with Crippen LogP contribution < -0.4 is 0 Å². The number of furan rings is 1. The van der Waals surface area contributed by atoms with Crippen LogP contribution in [0.5, 0.6) is 0 Å². The van der Waals surface area contributed by atoms with Crippen LogP contribution in [0.1, 0.15) is 91.5 Å². The number of rotatable bonds is 1. The van der Waals surface area contributed by atoms with E-state index in [9.17, 15) is 9.59 Å². The number of ketones is 1. The Hall–Kier alpha value is -1.58. The second-order valence-corrected chi connectivity index (χ2v) is 9.20. The van der Waals surface area contributed by atoms with Crippen molar-refractivity contribution < 1.29 is 14.0 Å². The highest BCUT2D eigenvalue weighted by molar-refractivity contribution is 6.04. The Morgan fingerprint density at radius 2 is 1.92 bits per heavy atom. The lowest BCUT2D eigenvalue weighted by Gasteiger charge is -2.32. The molecular formula is C21H29NO3. The molecule has 0 N–H and O–H groups in total. The number of hydrogen-bond donors (Lipinski definition) is 0. The van der Waals surface area contributed by atoms with Gasteiger partial charge in [-0.3, -0.25) is 9.59 Å². The van der Waals surface area contributed by atoms with Gasteiger partial charge in [0.25, 0.3) is 5.91 Å². The van der Waals surface area contributed by atoms with Crippen molar-refractivity contribution in [3.8, 4) is 0 Å². The fourth-order valence-electron chi connectivity index (χ4n) is 5.46. The summed E-state index contributed by atoms with van der Waals surface area (Å²) in [4.78, 5) is 28.0. The molecule has 3 aliphatic rings. The quantitative estimate of drug-likeness (QED) is 0.752. The van der Waals surface area contributed by atoms with E-state index in [1.807, 2.05) is 6.92 Å². The summed E-state index contributed by atoms with van der Waals surface area (Å²) in [6.45, 7) is 8.21. The van der Waals surface area contributed by atoms with Crippen LogP contribution >= 0.6 is 0 Å². The Morgan fingerprint density at radius 3 is 2.68 bits per heavy atom. The monoisotopic (exact) mass is 343 g/mol. The zero-order valence-corrected chi connectivity index (χ0v) is 15.9. The molecule has 1 amide bonds. The molecule has 3 atom stereocenters. The number of likely N-dealkylation sites (tertiary alicyclic amines) is 1. The summed E-state index contributed by atoms with van der Waals surface area (Å²) < 4.78 is 6.03. The summed E-state index contributed by atoms with van der Waals surface area (Å²) in [5.74, 6) is 1.89. The van der Waals surface area contributed by atoms with Gasteiger partial charge in [0.15, 0.2) is 11.5 Å². The summed E-state index contributed by atoms with van der Waals surface area (Å²) in [5, 5.41) is 0. The minimum Gasteiger partial charge on any atom is -0.455 e. The number of Topliss-reactive ketones (excluding diaryl/α,β-unsaturated/α-hetero) is 1. The number of fused-ring (bicyclic) bond motifs is 2. The highest BCUT2D eigenvalue weighted by atomic mass is 16.4. The number of carbonyl (C=O) groups excluding carboxylic acids is 2. The van der Waals surface area contributed by atoms with E-state index >= 15 is 0 Å². The molecule has 0 bridgehead atoms. The van der Waals surface area contributed by atoms with Gasteiger partial charge in [0.1, 0.15) is 5.76 Å². The molecule has 0 spiro atoms. The molecule has 4 nitrogen and oxygen atoms in total. The molecule has 1 aromatic heterocycles. The van der Waals surface area contributed by atoms with Gasteiger partial charge >= 0.3 is 0 Å². The summed E-state index contributed by atoms with van der Waals surface area (Å²) in [5.41, 5.74) is 1.34. The molecule has 1 aliphatic heterocycles. The first-order chi connectivity index (χ1) is 11.8. The van der Waals surface area contributed by atoms with Gasteiger partial charge in [-0.1, -0.05) is 26.7 Å². The van der Waals surface area contributed by atoms with Gasteiger partial charge in [-0.05, 0) is 44.4 Å². The molecule has 136 valence electrons. The van der Waals surface area contributed by atoms with Crippen molar-refractivity contribution in [2.45, 2.75) is 84.7 Å². The van der Waals surface area contributed by atoms with Crippen molar-refractivity contribution in [3.05, 3.63) is 22.6 Å². The number of nitrogens with zero attached hydrogens (tertiary/aromatic N) is 1. The average molecular weight is 343 g/mol. The maximum Gasteiger partial charge on any atom is 0.290 e. The minimum atomic E-state index is -0.0932. The van der Waals surface area contributed by atoms with E-state index in [0.29, 0.717) is 35.5 Å². The number of hydrogen-bond acceptors (Lipinski definition) is 3. The Morgan fingerprint density at radius 1 is 1.20 bits per heavy atom. The normalized spacial score (nSPS) is 31.0. The first kappa shape index (κ1) is 16.9. The van der Waals surface area contributed by atoms with E-state index in [0.717, 1.165) is 24.8 Å². The predicted molar refractivity (Wildman–Crippen MR) is 95.9 cm³/mol. The van der Waals surface area contributed by atoms with Gasteiger partial charge in [0.2, 0.25) is 0 Å². The molecule has 1 aromatic rings. The van der Waals surface area contributed by atoms with Gasteiger partial charge < -0.3 is 9.32 Å². The summed E-state index contributed by atoms with van der Waals surface area (Å²) >= 11 is 0. The van der Waals surface area contributed by atoms with Crippen LogP contribution in [-0.4, -0.2) is 28.7 Å². The van der Waals surface area contributed by atoms with Crippen molar-refractivity contribution in [1.29, 1.82) is 0 Å². The SMILES string of the molecule is Cc1c(C(=O)N2C(C)CC3CCCCC32)oc2c1C(=O)CC(C)(C)C2. The van der Waals surface area contributed by atoms with Gasteiger partial charge in [-0.2, -0.15) is 0 Å². The van der Waals surface area contributed by atoms with Crippen LogP contribution in [0.15, 0.2) is 4.42 Å². The van der Waals surface area contributed by atoms with Crippen LogP contribution in [0.2, 0.25) is 0 Å². The molecule has 2 heterocycles. The van der Waals surface area contributed by atoms with E-state index in [1.54, 1.807) is 0 Å². The van der Waals surface area contributed by atoms with Crippen molar-refractivity contribution >= 4 is 11.7 Å². The number of carbonyl (C=O) groups is 2. The van der Waals surface area contributed by atoms with Crippen LogP contribution in [-0.2, 0) is 6.42 Å². The van der Waals surface area contributed by atoms with Crippen molar-refractivity contribution in [2.24, 2.45) is 11.3 Å². The van der Waals surface area contributed by atoms with E-state index in [1.165, 1.54) is 19.3 Å². The topological polar surface area (TPSA) is 50.5 Å². The zero-order valence-electron chi connectivity index (χ0n) is 15.9. The van der Waals surface area contributed by atoms with Gasteiger partial charge in [0.05, 0.1) is 5.56 Å². The van der Waals surface area contributed by atoms with Crippen LogP contribution in [0.3, 0.4) is 0 Å². The molecule has 0 radical (unpaired) electrons. The molecule has 4 heteroatoms. The molecular weight excluding hydrogens is 314 g/mol. The lowest BCUT2D eigenvalue weighted by molar-refractivity contribution is 0.0595. The molecule has 2 aliphatic carbocycles. The summed E-state index contributed by atoms with van der Waals surface area (Å²) in [7, 11) is 0. The summed E-state index contributed by atoms with van der Waals surface area (Å²) in [6.07, 6.45) is 7.18. The van der Waals surface area contributed by atoms with Crippen molar-refractivity contribution in [1.82, 2.24) is 4.90 Å². The largest absolute Gasteiger partial charge is 0.455 e. The fraction of sp³-hybridized carbons (Fsp3) is 0.714. The minimum absolute atomic E-state index is 0.000550. The third kappa shape index (κ3) is 2.65. The third-order valence-electron chi connectivity index (χ3n) is 6.55. The first-order valence-corrected chi connectivity index (χ1v) is 9.76. The van der Waals surface area contributed by atoms with Crippen LogP contribution in [0, 0.1) is 18.3 Å². The standard InChI is InChI=1S/C21H29NO3/c1-12-9-14-7-5-6-8-15(14)22(12)20(24)19-13(2)18-16(23)10-21(3,4)11-17(18)25-19/h12,14-15H,5-11H2,1-4H3. The highest BCUT2D eigenvalue weighted by Gasteiger charge is 2.45. The van der Waals surface area contributed by atoms with Crippen LogP contribution in [0.25, 0.3) is 0 Å². The highest BCUT2D eigenvalue weighted by Crippen LogP contribution is 2.42. The van der Waals surface area contributed by atoms with Gasteiger partial charge in [-0.15, -0.1) is 0 Å². The lowest BCUT2D eigenvalue weighted by Crippen LogP contribution is -2.42. The Bertz CT molecular complexity index is 730. The molecule has 4 rings (SSSR count). The second kappa shape index (κ2) is 5.72. The maximum atomic E-state index is 13.3. The van der Waals surface area contributed by atoms with Crippen molar-refractivity contribution in [2.75, 3.05) is 0 Å². The van der Waals surface area contributed by atoms with Gasteiger partial charge in [0, 0.05) is 30.5 Å². The smallest absolute Gasteiger partial charge is 0.290 e.